The molecule has 0 amide bonds. The Morgan fingerprint density at radius 1 is 1.25 bits per heavy atom. The highest BCUT2D eigenvalue weighted by Crippen LogP contribution is 2.22. The van der Waals surface area contributed by atoms with E-state index in [1.807, 2.05) is 0 Å². The van der Waals surface area contributed by atoms with Gasteiger partial charge in [0.05, 0.1) is 0 Å². The lowest BCUT2D eigenvalue weighted by Gasteiger charge is -2.18. The van der Waals surface area contributed by atoms with Crippen LogP contribution in [0.2, 0.25) is 0 Å². The van der Waals surface area contributed by atoms with E-state index in [1.54, 1.807) is 25.2 Å². The molecule has 0 radical (unpaired) electrons. The van der Waals surface area contributed by atoms with Crippen molar-refractivity contribution in [1.29, 1.82) is 0 Å². The number of halogens is 4. The molecule has 0 bridgehead atoms. The van der Waals surface area contributed by atoms with Crippen LogP contribution in [0, 0.1) is 0 Å². The highest BCUT2D eigenvalue weighted by atomic mass is 127. The molecule has 8 heteroatoms. The van der Waals surface area contributed by atoms with Crippen molar-refractivity contribution in [1.82, 2.24) is 10.6 Å². The number of hydrogen-bond donors (Lipinski definition) is 2. The summed E-state index contributed by atoms with van der Waals surface area (Å²) in [5, 5.41) is 6.46. The predicted molar refractivity (Wildman–Crippen MR) is 99.0 cm³/mol. The molecule has 2 N–H and O–H groups in total. The van der Waals surface area contributed by atoms with Crippen LogP contribution in [0.3, 0.4) is 0 Å². The van der Waals surface area contributed by atoms with Crippen molar-refractivity contribution >= 4 is 29.9 Å². The Labute approximate surface area is 157 Å². The molecule has 0 saturated heterocycles. The zero-order valence-corrected chi connectivity index (χ0v) is 15.9. The van der Waals surface area contributed by atoms with Gasteiger partial charge in [-0.15, -0.1) is 24.0 Å². The summed E-state index contributed by atoms with van der Waals surface area (Å²) in [5.41, 5.74) is 0.658. The molecule has 0 spiro atoms. The number of guanidine groups is 1. The number of hydrogen-bond acceptors (Lipinski definition) is 2. The minimum atomic E-state index is -4.35. The molecule has 4 nitrogen and oxygen atoms in total. The van der Waals surface area contributed by atoms with E-state index >= 15 is 0 Å². The maximum absolute atomic E-state index is 12.3. The number of alkyl halides is 3. The monoisotopic (exact) mass is 457 g/mol. The predicted octanol–water partition coefficient (Wildman–Crippen LogP) is 3.85. The molecule has 1 saturated carbocycles. The van der Waals surface area contributed by atoms with Gasteiger partial charge in [-0.1, -0.05) is 31.0 Å². The normalized spacial score (nSPS) is 15.8. The first-order valence-electron chi connectivity index (χ1n) is 7.72. The number of aliphatic imine (C=N–C) groups is 1. The third-order valence-corrected chi connectivity index (χ3v) is 3.73. The molecule has 0 heterocycles. The molecule has 1 aromatic rings. The second-order valence-electron chi connectivity index (χ2n) is 5.56. The topological polar surface area (TPSA) is 45.7 Å². The molecule has 2 rings (SSSR count). The Hall–Kier alpha value is -1.19. The number of para-hydroxylation sites is 1. The van der Waals surface area contributed by atoms with E-state index in [0.717, 1.165) is 12.8 Å². The van der Waals surface area contributed by atoms with Gasteiger partial charge in [-0.05, 0) is 18.9 Å². The van der Waals surface area contributed by atoms with Crippen LogP contribution in [0.5, 0.6) is 5.75 Å². The van der Waals surface area contributed by atoms with E-state index in [0.29, 0.717) is 24.1 Å². The van der Waals surface area contributed by atoms with E-state index in [-0.39, 0.29) is 29.7 Å². The average molecular weight is 457 g/mol. The fourth-order valence-corrected chi connectivity index (χ4v) is 2.59. The molecule has 1 aliphatic carbocycles. The Balaban J connectivity index is 0.00000288. The number of nitrogens with zero attached hydrogens (tertiary/aromatic N) is 1. The second kappa shape index (κ2) is 9.95. The molecular weight excluding hydrogens is 434 g/mol. The van der Waals surface area contributed by atoms with E-state index in [2.05, 4.69) is 15.6 Å². The van der Waals surface area contributed by atoms with Crippen LogP contribution in [0.4, 0.5) is 13.2 Å². The smallest absolute Gasteiger partial charge is 0.422 e. The molecule has 1 aromatic carbocycles. The summed E-state index contributed by atoms with van der Waals surface area (Å²) < 4.78 is 41.8. The van der Waals surface area contributed by atoms with Crippen LogP contribution in [-0.2, 0) is 6.54 Å². The third kappa shape index (κ3) is 7.14. The minimum Gasteiger partial charge on any atom is -0.484 e. The van der Waals surface area contributed by atoms with Gasteiger partial charge in [0.15, 0.2) is 12.6 Å². The van der Waals surface area contributed by atoms with Crippen LogP contribution in [0.1, 0.15) is 31.2 Å². The zero-order chi connectivity index (χ0) is 16.7. The first-order valence-corrected chi connectivity index (χ1v) is 7.72. The van der Waals surface area contributed by atoms with Gasteiger partial charge in [-0.3, -0.25) is 4.99 Å². The van der Waals surface area contributed by atoms with Gasteiger partial charge in [0.1, 0.15) is 5.75 Å². The fourth-order valence-electron chi connectivity index (χ4n) is 2.59. The van der Waals surface area contributed by atoms with Crippen molar-refractivity contribution in [3.63, 3.8) is 0 Å². The van der Waals surface area contributed by atoms with E-state index in [1.165, 1.54) is 18.9 Å². The summed E-state index contributed by atoms with van der Waals surface area (Å²) in [6.45, 7) is -0.945. The van der Waals surface area contributed by atoms with Crippen LogP contribution in [-0.4, -0.2) is 31.8 Å². The highest BCUT2D eigenvalue weighted by Gasteiger charge is 2.28. The largest absolute Gasteiger partial charge is 0.484 e. The van der Waals surface area contributed by atoms with Crippen molar-refractivity contribution in [3.8, 4) is 5.75 Å². The molecule has 136 valence electrons. The van der Waals surface area contributed by atoms with Crippen LogP contribution in [0.25, 0.3) is 0 Å². The molecule has 1 fully saturated rings. The molecule has 0 atom stereocenters. The Morgan fingerprint density at radius 3 is 2.54 bits per heavy atom. The maximum Gasteiger partial charge on any atom is 0.422 e. The lowest BCUT2D eigenvalue weighted by Crippen LogP contribution is -2.42. The summed E-state index contributed by atoms with van der Waals surface area (Å²) in [5.74, 6) is 0.885. The van der Waals surface area contributed by atoms with Gasteiger partial charge < -0.3 is 15.4 Å². The summed E-state index contributed by atoms with van der Waals surface area (Å²) in [6.07, 6.45) is 0.310. The SMILES string of the molecule is CN=C(NCc1ccccc1OCC(F)(F)F)NC1CCCC1.I. The van der Waals surface area contributed by atoms with Crippen molar-refractivity contribution in [2.45, 2.75) is 44.4 Å². The summed E-state index contributed by atoms with van der Waals surface area (Å²) in [7, 11) is 1.68. The van der Waals surface area contributed by atoms with Gasteiger partial charge >= 0.3 is 6.18 Å². The van der Waals surface area contributed by atoms with Gasteiger partial charge in [0.25, 0.3) is 0 Å². The summed E-state index contributed by atoms with van der Waals surface area (Å²) in [6, 6.07) is 7.11. The first-order chi connectivity index (χ1) is 11.0. The zero-order valence-electron chi connectivity index (χ0n) is 13.5. The number of ether oxygens (including phenoxy) is 1. The van der Waals surface area contributed by atoms with E-state index in [4.69, 9.17) is 4.74 Å². The van der Waals surface area contributed by atoms with Gasteiger partial charge in [-0.2, -0.15) is 13.2 Å². The summed E-state index contributed by atoms with van der Waals surface area (Å²) in [4.78, 5) is 4.16. The molecular formula is C16H23F3IN3O. The van der Waals surface area contributed by atoms with E-state index < -0.39 is 12.8 Å². The lowest BCUT2D eigenvalue weighted by atomic mass is 10.2. The van der Waals surface area contributed by atoms with Crippen molar-refractivity contribution in [3.05, 3.63) is 29.8 Å². The van der Waals surface area contributed by atoms with Crippen molar-refractivity contribution in [2.24, 2.45) is 4.99 Å². The molecule has 0 aliphatic heterocycles. The second-order valence-corrected chi connectivity index (χ2v) is 5.56. The Morgan fingerprint density at radius 2 is 1.92 bits per heavy atom. The maximum atomic E-state index is 12.3. The molecule has 0 aromatic heterocycles. The quantitative estimate of drug-likeness (QED) is 0.401. The standard InChI is InChI=1S/C16H22F3N3O.HI/c1-20-15(22-13-7-3-4-8-13)21-10-12-6-2-5-9-14(12)23-11-16(17,18)19;/h2,5-6,9,13H,3-4,7-8,10-11H2,1H3,(H2,20,21,22);1H. The fraction of sp³-hybridized carbons (Fsp3) is 0.562. The first kappa shape index (κ1) is 20.9. The number of nitrogens with one attached hydrogen (secondary N) is 2. The highest BCUT2D eigenvalue weighted by molar-refractivity contribution is 14.0. The molecule has 0 unspecified atom stereocenters. The summed E-state index contributed by atoms with van der Waals surface area (Å²) >= 11 is 0. The Bertz CT molecular complexity index is 532. The lowest BCUT2D eigenvalue weighted by molar-refractivity contribution is -0.153. The van der Waals surface area contributed by atoms with Crippen LogP contribution >= 0.6 is 24.0 Å². The molecule has 24 heavy (non-hydrogen) atoms. The van der Waals surface area contributed by atoms with Crippen LogP contribution < -0.4 is 15.4 Å². The average Bonchev–Trinajstić information content (AvgIpc) is 3.02. The third-order valence-electron chi connectivity index (χ3n) is 3.73. The van der Waals surface area contributed by atoms with Gasteiger partial charge in [0.2, 0.25) is 0 Å². The Kier molecular flexibility index (Phi) is 8.65. The number of benzene rings is 1. The van der Waals surface area contributed by atoms with Crippen molar-refractivity contribution in [2.75, 3.05) is 13.7 Å². The van der Waals surface area contributed by atoms with E-state index in [9.17, 15) is 13.2 Å². The molecule has 1 aliphatic rings. The minimum absolute atomic E-state index is 0. The van der Waals surface area contributed by atoms with Gasteiger partial charge in [0, 0.05) is 25.2 Å². The number of rotatable bonds is 5. The van der Waals surface area contributed by atoms with Crippen LogP contribution in [0.15, 0.2) is 29.3 Å². The van der Waals surface area contributed by atoms with Crippen molar-refractivity contribution < 1.29 is 17.9 Å². The van der Waals surface area contributed by atoms with Gasteiger partial charge in [-0.25, -0.2) is 0 Å².